The van der Waals surface area contributed by atoms with Gasteiger partial charge in [-0.15, -0.1) is 22.7 Å². The third-order valence-corrected chi connectivity index (χ3v) is 6.10. The van der Waals surface area contributed by atoms with Gasteiger partial charge in [-0.3, -0.25) is 9.59 Å². The van der Waals surface area contributed by atoms with Crippen LogP contribution in [0.5, 0.6) is 5.75 Å². The summed E-state index contributed by atoms with van der Waals surface area (Å²) in [5.74, 6) is 0.175. The molecule has 152 valence electrons. The number of hydrogen-bond donors (Lipinski definition) is 2. The molecule has 0 bridgehead atoms. The number of ether oxygens (including phenoxy) is 1. The molecule has 0 saturated heterocycles. The molecule has 2 N–H and O–H groups in total. The summed E-state index contributed by atoms with van der Waals surface area (Å²) >= 11 is 2.65. The van der Waals surface area contributed by atoms with Crippen molar-refractivity contribution >= 4 is 28.6 Å². The van der Waals surface area contributed by atoms with Crippen LogP contribution in [0.4, 0.5) is 0 Å². The molecule has 0 saturated carbocycles. The molecular weight excluding hydrogens is 420 g/mol. The summed E-state index contributed by atoms with van der Waals surface area (Å²) in [7, 11) is 0. The Morgan fingerprint density at radius 1 is 1.23 bits per heavy atom. The monoisotopic (exact) mass is 438 g/mol. The van der Waals surface area contributed by atoms with Gasteiger partial charge in [0.2, 0.25) is 0 Å². The van der Waals surface area contributed by atoms with Crippen LogP contribution >= 0.6 is 22.7 Å². The molecule has 3 aromatic heterocycles. The highest BCUT2D eigenvalue weighted by Crippen LogP contribution is 2.32. The molecule has 0 aliphatic carbocycles. The van der Waals surface area contributed by atoms with Crippen LogP contribution in [0.25, 0.3) is 10.6 Å². The van der Waals surface area contributed by atoms with Gasteiger partial charge in [0.1, 0.15) is 27.8 Å². The van der Waals surface area contributed by atoms with Crippen molar-refractivity contribution in [3.05, 3.63) is 85.7 Å². The molecule has 0 unspecified atom stereocenters. The molecular formula is C21H18N4O3S2. The second kappa shape index (κ2) is 9.02. The molecule has 1 amide bonds. The number of nitrogens with zero attached hydrogens (tertiary/aromatic N) is 2. The number of benzene rings is 1. The van der Waals surface area contributed by atoms with E-state index in [4.69, 9.17) is 4.74 Å². The van der Waals surface area contributed by atoms with Crippen LogP contribution in [-0.4, -0.2) is 20.9 Å². The lowest BCUT2D eigenvalue weighted by Crippen LogP contribution is -2.22. The van der Waals surface area contributed by atoms with Gasteiger partial charge in [-0.05, 0) is 18.6 Å². The molecule has 30 heavy (non-hydrogen) atoms. The SMILES string of the molecule is Cc1nc(-c2c(OCc3cscn3)cc[nH]c2=O)sc1C(=O)NCc1ccccc1. The summed E-state index contributed by atoms with van der Waals surface area (Å²) in [5.41, 5.74) is 4.06. The van der Waals surface area contributed by atoms with Crippen molar-refractivity contribution in [1.82, 2.24) is 20.3 Å². The Hall–Kier alpha value is -3.30. The van der Waals surface area contributed by atoms with E-state index in [9.17, 15) is 9.59 Å². The van der Waals surface area contributed by atoms with E-state index >= 15 is 0 Å². The number of nitrogens with one attached hydrogen (secondary N) is 2. The van der Waals surface area contributed by atoms with Gasteiger partial charge in [0.25, 0.3) is 11.5 Å². The van der Waals surface area contributed by atoms with Gasteiger partial charge in [-0.2, -0.15) is 0 Å². The fourth-order valence-corrected chi connectivity index (χ4v) is 4.39. The van der Waals surface area contributed by atoms with Crippen molar-refractivity contribution in [1.29, 1.82) is 0 Å². The van der Waals surface area contributed by atoms with Crippen LogP contribution in [0.2, 0.25) is 0 Å². The average Bonchev–Trinajstić information content (AvgIpc) is 3.41. The number of hydrogen-bond acceptors (Lipinski definition) is 7. The third kappa shape index (κ3) is 4.47. The van der Waals surface area contributed by atoms with Crippen LogP contribution in [0.3, 0.4) is 0 Å². The molecule has 4 aromatic rings. The summed E-state index contributed by atoms with van der Waals surface area (Å²) < 4.78 is 5.82. The zero-order chi connectivity index (χ0) is 20.9. The van der Waals surface area contributed by atoms with Crippen molar-refractivity contribution in [3.63, 3.8) is 0 Å². The highest BCUT2D eigenvalue weighted by atomic mass is 32.1. The standard InChI is InChI=1S/C21H18N4O3S2/c1-13-18(20(27)23-9-14-5-3-2-4-6-14)30-21(25-13)17-16(7-8-22-19(17)26)28-10-15-11-29-12-24-15/h2-8,11-12H,9-10H2,1H3,(H,22,26)(H,23,27). The summed E-state index contributed by atoms with van der Waals surface area (Å²) in [6.45, 7) is 2.42. The van der Waals surface area contributed by atoms with Gasteiger partial charge in [0, 0.05) is 18.1 Å². The molecule has 0 aliphatic heterocycles. The minimum absolute atomic E-state index is 0.225. The average molecular weight is 439 g/mol. The Morgan fingerprint density at radius 2 is 2.07 bits per heavy atom. The molecule has 7 nitrogen and oxygen atoms in total. The predicted octanol–water partition coefficient (Wildman–Crippen LogP) is 3.77. The Bertz CT molecular complexity index is 1200. The number of aromatic amines is 1. The molecule has 1 aromatic carbocycles. The number of pyridine rings is 1. The maximum Gasteiger partial charge on any atom is 0.263 e. The minimum atomic E-state index is -0.323. The second-order valence-electron chi connectivity index (χ2n) is 6.42. The fraction of sp³-hybridized carbons (Fsp3) is 0.143. The normalized spacial score (nSPS) is 10.7. The maximum absolute atomic E-state index is 12.7. The molecule has 0 aliphatic rings. The van der Waals surface area contributed by atoms with Gasteiger partial charge in [-0.1, -0.05) is 30.3 Å². The van der Waals surface area contributed by atoms with E-state index in [1.54, 1.807) is 18.5 Å². The number of amides is 1. The zero-order valence-corrected chi connectivity index (χ0v) is 17.7. The molecule has 0 spiro atoms. The van der Waals surface area contributed by atoms with Gasteiger partial charge in [0.15, 0.2) is 0 Å². The number of rotatable bonds is 7. The first kappa shape index (κ1) is 20.0. The van der Waals surface area contributed by atoms with Gasteiger partial charge >= 0.3 is 0 Å². The number of H-pyrrole nitrogens is 1. The van der Waals surface area contributed by atoms with Crippen LogP contribution < -0.4 is 15.6 Å². The maximum atomic E-state index is 12.7. The molecule has 9 heteroatoms. The summed E-state index contributed by atoms with van der Waals surface area (Å²) in [4.78, 5) is 37.0. The number of thiazole rings is 2. The molecule has 0 fully saturated rings. The van der Waals surface area contributed by atoms with Gasteiger partial charge in [-0.25, -0.2) is 9.97 Å². The highest BCUT2D eigenvalue weighted by molar-refractivity contribution is 7.17. The van der Waals surface area contributed by atoms with E-state index in [1.807, 2.05) is 35.7 Å². The Labute approximate surface area is 180 Å². The molecule has 4 rings (SSSR count). The molecule has 0 radical (unpaired) electrons. The Balaban J connectivity index is 1.56. The first-order valence-electron chi connectivity index (χ1n) is 9.13. The Kier molecular flexibility index (Phi) is 6.01. The number of carbonyl (C=O) groups is 1. The van der Waals surface area contributed by atoms with E-state index in [-0.39, 0.29) is 18.1 Å². The topological polar surface area (TPSA) is 97.0 Å². The quantitative estimate of drug-likeness (QED) is 0.458. The predicted molar refractivity (Wildman–Crippen MR) is 117 cm³/mol. The summed E-state index contributed by atoms with van der Waals surface area (Å²) in [6.07, 6.45) is 1.52. The number of aromatic nitrogens is 3. The first-order chi connectivity index (χ1) is 14.6. The highest BCUT2D eigenvalue weighted by Gasteiger charge is 2.21. The van der Waals surface area contributed by atoms with E-state index in [1.165, 1.54) is 28.9 Å². The lowest BCUT2D eigenvalue weighted by Gasteiger charge is -2.07. The lowest BCUT2D eigenvalue weighted by molar-refractivity contribution is 0.0954. The largest absolute Gasteiger partial charge is 0.486 e. The molecule has 0 atom stereocenters. The van der Waals surface area contributed by atoms with Crippen LogP contribution in [0, 0.1) is 6.92 Å². The van der Waals surface area contributed by atoms with Crippen molar-refractivity contribution in [2.75, 3.05) is 0 Å². The van der Waals surface area contributed by atoms with Crippen molar-refractivity contribution in [2.45, 2.75) is 20.1 Å². The first-order valence-corrected chi connectivity index (χ1v) is 10.9. The van der Waals surface area contributed by atoms with Crippen LogP contribution in [0.15, 0.2) is 58.3 Å². The third-order valence-electron chi connectivity index (χ3n) is 4.29. The zero-order valence-electron chi connectivity index (χ0n) is 16.0. The van der Waals surface area contributed by atoms with Crippen molar-refractivity contribution in [2.24, 2.45) is 0 Å². The number of carbonyl (C=O) groups excluding carboxylic acids is 1. The van der Waals surface area contributed by atoms with Gasteiger partial charge in [0.05, 0.1) is 16.9 Å². The van der Waals surface area contributed by atoms with E-state index in [0.29, 0.717) is 33.4 Å². The van der Waals surface area contributed by atoms with Crippen molar-refractivity contribution in [3.8, 4) is 16.3 Å². The Morgan fingerprint density at radius 3 is 2.83 bits per heavy atom. The van der Waals surface area contributed by atoms with E-state index < -0.39 is 0 Å². The minimum Gasteiger partial charge on any atom is -0.486 e. The summed E-state index contributed by atoms with van der Waals surface area (Å²) in [5, 5.41) is 5.22. The van der Waals surface area contributed by atoms with Gasteiger partial charge < -0.3 is 15.0 Å². The fourth-order valence-electron chi connectivity index (χ4n) is 2.82. The van der Waals surface area contributed by atoms with Crippen LogP contribution in [-0.2, 0) is 13.2 Å². The molecule has 3 heterocycles. The van der Waals surface area contributed by atoms with E-state index in [0.717, 1.165) is 11.3 Å². The smallest absolute Gasteiger partial charge is 0.263 e. The second-order valence-corrected chi connectivity index (χ2v) is 8.13. The number of aryl methyl sites for hydroxylation is 1. The summed E-state index contributed by atoms with van der Waals surface area (Å²) in [6, 6.07) is 11.3. The van der Waals surface area contributed by atoms with Crippen molar-refractivity contribution < 1.29 is 9.53 Å². The lowest BCUT2D eigenvalue weighted by atomic mass is 10.2. The van der Waals surface area contributed by atoms with Crippen LogP contribution in [0.1, 0.15) is 26.6 Å². The van der Waals surface area contributed by atoms with E-state index in [2.05, 4.69) is 20.3 Å².